The average molecular weight is 282 g/mol. The predicted octanol–water partition coefficient (Wildman–Crippen LogP) is 3.38. The number of rotatable bonds is 4. The molecule has 1 atom stereocenters. The summed E-state index contributed by atoms with van der Waals surface area (Å²) in [5.41, 5.74) is 0.803. The summed E-state index contributed by atoms with van der Waals surface area (Å²) >= 11 is 6.30. The van der Waals surface area contributed by atoms with Crippen LogP contribution in [0.4, 0.5) is 0 Å². The van der Waals surface area contributed by atoms with E-state index >= 15 is 0 Å². The molecule has 1 heterocycles. The van der Waals surface area contributed by atoms with Crippen LogP contribution in [0.15, 0.2) is 24.3 Å². The Hall–Kier alpha value is -1.22. The largest absolute Gasteiger partial charge is 0.491 e. The maximum absolute atomic E-state index is 12.2. The van der Waals surface area contributed by atoms with Crippen molar-refractivity contribution in [1.29, 1.82) is 0 Å². The van der Waals surface area contributed by atoms with Gasteiger partial charge in [0.05, 0.1) is 6.10 Å². The molecule has 1 aliphatic heterocycles. The second-order valence-electron chi connectivity index (χ2n) is 5.13. The van der Waals surface area contributed by atoms with Crippen LogP contribution in [0.2, 0.25) is 0 Å². The van der Waals surface area contributed by atoms with E-state index in [1.807, 2.05) is 43.0 Å². The van der Waals surface area contributed by atoms with Crippen molar-refractivity contribution in [3.05, 3.63) is 29.8 Å². The van der Waals surface area contributed by atoms with Crippen LogP contribution in [-0.4, -0.2) is 30.0 Å². The minimum atomic E-state index is -0.617. The molecule has 1 unspecified atom stereocenters. The summed E-state index contributed by atoms with van der Waals surface area (Å²) in [5.74, 6) is 0.758. The number of alkyl halides is 1. The van der Waals surface area contributed by atoms with Crippen molar-refractivity contribution in [3.63, 3.8) is 0 Å². The quantitative estimate of drug-likeness (QED) is 0.792. The van der Waals surface area contributed by atoms with Crippen LogP contribution in [0, 0.1) is 0 Å². The first-order valence-electron chi connectivity index (χ1n) is 6.77. The Bertz CT molecular complexity index is 442. The molecule has 104 valence electrons. The molecule has 0 radical (unpaired) electrons. The van der Waals surface area contributed by atoms with Gasteiger partial charge in [0.25, 0.3) is 0 Å². The zero-order valence-electron chi connectivity index (χ0n) is 11.4. The van der Waals surface area contributed by atoms with Crippen molar-refractivity contribution in [2.75, 3.05) is 13.1 Å². The maximum atomic E-state index is 12.2. The summed E-state index contributed by atoms with van der Waals surface area (Å²) in [5, 5.41) is -0.617. The molecule has 19 heavy (non-hydrogen) atoms. The topological polar surface area (TPSA) is 29.5 Å². The van der Waals surface area contributed by atoms with E-state index in [9.17, 15) is 4.79 Å². The molecule has 1 aromatic rings. The molecule has 0 aromatic heterocycles. The molecule has 0 bridgehead atoms. The molecule has 4 heteroatoms. The van der Waals surface area contributed by atoms with Gasteiger partial charge in [-0.25, -0.2) is 0 Å². The van der Waals surface area contributed by atoms with Crippen molar-refractivity contribution in [2.45, 2.75) is 38.2 Å². The molecule has 0 spiro atoms. The summed E-state index contributed by atoms with van der Waals surface area (Å²) in [4.78, 5) is 14.1. The molecule has 1 saturated heterocycles. The third kappa shape index (κ3) is 3.63. The summed E-state index contributed by atoms with van der Waals surface area (Å²) < 4.78 is 5.63. The smallest absolute Gasteiger partial charge is 0.245 e. The maximum Gasteiger partial charge on any atom is 0.245 e. The summed E-state index contributed by atoms with van der Waals surface area (Å²) in [6.45, 7) is 5.59. The number of amides is 1. The van der Waals surface area contributed by atoms with E-state index in [0.29, 0.717) is 0 Å². The minimum absolute atomic E-state index is 0.000800. The zero-order valence-corrected chi connectivity index (χ0v) is 12.2. The third-order valence-corrected chi connectivity index (χ3v) is 3.60. The van der Waals surface area contributed by atoms with E-state index < -0.39 is 5.38 Å². The van der Waals surface area contributed by atoms with Gasteiger partial charge in [0, 0.05) is 13.1 Å². The molecule has 0 aliphatic carbocycles. The molecule has 1 fully saturated rings. The van der Waals surface area contributed by atoms with Gasteiger partial charge in [-0.15, -0.1) is 11.6 Å². The van der Waals surface area contributed by atoms with Crippen LogP contribution >= 0.6 is 11.6 Å². The number of ether oxygens (including phenoxy) is 1. The molecular weight excluding hydrogens is 262 g/mol. The lowest BCUT2D eigenvalue weighted by molar-refractivity contribution is -0.129. The molecular formula is C15H20ClNO2. The van der Waals surface area contributed by atoms with Gasteiger partial charge >= 0.3 is 0 Å². The summed E-state index contributed by atoms with van der Waals surface area (Å²) in [6, 6.07) is 7.48. The third-order valence-electron chi connectivity index (χ3n) is 3.16. The van der Waals surface area contributed by atoms with Gasteiger partial charge < -0.3 is 9.64 Å². The zero-order chi connectivity index (χ0) is 13.8. The fourth-order valence-electron chi connectivity index (χ4n) is 2.26. The Kier molecular flexibility index (Phi) is 4.70. The number of likely N-dealkylation sites (tertiary alicyclic amines) is 1. The highest BCUT2D eigenvalue weighted by atomic mass is 35.5. The van der Waals surface area contributed by atoms with Crippen molar-refractivity contribution < 1.29 is 9.53 Å². The Balaban J connectivity index is 2.09. The Morgan fingerprint density at radius 1 is 1.32 bits per heavy atom. The Morgan fingerprint density at radius 3 is 2.63 bits per heavy atom. The number of carbonyl (C=O) groups excluding carboxylic acids is 1. The van der Waals surface area contributed by atoms with Crippen LogP contribution in [0.3, 0.4) is 0 Å². The molecule has 3 nitrogen and oxygen atoms in total. The number of halogens is 1. The normalized spacial score (nSPS) is 16.7. The monoisotopic (exact) mass is 281 g/mol. The highest BCUT2D eigenvalue weighted by Crippen LogP contribution is 2.27. The van der Waals surface area contributed by atoms with Gasteiger partial charge in [-0.2, -0.15) is 0 Å². The van der Waals surface area contributed by atoms with E-state index in [0.717, 1.165) is 37.2 Å². The number of hydrogen-bond acceptors (Lipinski definition) is 2. The van der Waals surface area contributed by atoms with E-state index in [2.05, 4.69) is 0 Å². The van der Waals surface area contributed by atoms with Crippen molar-refractivity contribution in [3.8, 4) is 5.75 Å². The first kappa shape index (κ1) is 14.2. The van der Waals surface area contributed by atoms with Crippen molar-refractivity contribution >= 4 is 17.5 Å². The first-order chi connectivity index (χ1) is 9.08. The van der Waals surface area contributed by atoms with E-state index in [1.165, 1.54) is 0 Å². The van der Waals surface area contributed by atoms with Gasteiger partial charge in [0.2, 0.25) is 5.91 Å². The van der Waals surface area contributed by atoms with Gasteiger partial charge in [-0.1, -0.05) is 12.1 Å². The van der Waals surface area contributed by atoms with Gasteiger partial charge in [-0.05, 0) is 44.4 Å². The van der Waals surface area contributed by atoms with Crippen LogP contribution < -0.4 is 4.74 Å². The fourth-order valence-corrected chi connectivity index (χ4v) is 2.53. The number of benzene rings is 1. The van der Waals surface area contributed by atoms with E-state index in [4.69, 9.17) is 16.3 Å². The van der Waals surface area contributed by atoms with Gasteiger partial charge in [0.15, 0.2) is 0 Å². The number of hydrogen-bond donors (Lipinski definition) is 0. The number of carbonyl (C=O) groups is 1. The number of nitrogens with zero attached hydrogens (tertiary/aromatic N) is 1. The molecule has 2 rings (SSSR count). The highest BCUT2D eigenvalue weighted by Gasteiger charge is 2.26. The van der Waals surface area contributed by atoms with Gasteiger partial charge in [-0.3, -0.25) is 4.79 Å². The average Bonchev–Trinajstić information content (AvgIpc) is 2.90. The Morgan fingerprint density at radius 2 is 2.00 bits per heavy atom. The molecule has 1 amide bonds. The first-order valence-corrected chi connectivity index (χ1v) is 7.21. The van der Waals surface area contributed by atoms with Crippen LogP contribution in [0.1, 0.15) is 37.6 Å². The van der Waals surface area contributed by atoms with E-state index in [1.54, 1.807) is 0 Å². The fraction of sp³-hybridized carbons (Fsp3) is 0.533. The lowest BCUT2D eigenvalue weighted by Crippen LogP contribution is -2.30. The standard InChI is InChI=1S/C15H20ClNO2/c1-11(2)19-13-7-5-6-12(10-13)14(16)15(18)17-8-3-4-9-17/h5-7,10-11,14H,3-4,8-9H2,1-2H3. The molecule has 0 saturated carbocycles. The van der Waals surface area contributed by atoms with Gasteiger partial charge in [0.1, 0.15) is 11.1 Å². The van der Waals surface area contributed by atoms with Crippen LogP contribution in [-0.2, 0) is 4.79 Å². The summed E-state index contributed by atoms with van der Waals surface area (Å²) in [6.07, 6.45) is 2.26. The van der Waals surface area contributed by atoms with Crippen LogP contribution in [0.5, 0.6) is 5.75 Å². The Labute approximate surface area is 119 Å². The minimum Gasteiger partial charge on any atom is -0.491 e. The van der Waals surface area contributed by atoms with Crippen LogP contribution in [0.25, 0.3) is 0 Å². The molecule has 1 aliphatic rings. The second kappa shape index (κ2) is 6.29. The lowest BCUT2D eigenvalue weighted by Gasteiger charge is -2.19. The van der Waals surface area contributed by atoms with Crippen molar-refractivity contribution in [1.82, 2.24) is 4.90 Å². The molecule has 1 aromatic carbocycles. The SMILES string of the molecule is CC(C)Oc1cccc(C(Cl)C(=O)N2CCCC2)c1. The molecule has 0 N–H and O–H groups in total. The predicted molar refractivity (Wildman–Crippen MR) is 76.6 cm³/mol. The highest BCUT2D eigenvalue weighted by molar-refractivity contribution is 6.30. The second-order valence-corrected chi connectivity index (χ2v) is 5.57. The van der Waals surface area contributed by atoms with Crippen molar-refractivity contribution in [2.24, 2.45) is 0 Å². The lowest BCUT2D eigenvalue weighted by atomic mass is 10.1. The summed E-state index contributed by atoms with van der Waals surface area (Å²) in [7, 11) is 0. The van der Waals surface area contributed by atoms with E-state index in [-0.39, 0.29) is 12.0 Å².